The van der Waals surface area contributed by atoms with E-state index in [1.54, 1.807) is 18.3 Å². The summed E-state index contributed by atoms with van der Waals surface area (Å²) in [5.41, 5.74) is 0.333. The number of nitro benzene ring substituents is 1. The minimum atomic E-state index is -1.43. The molecule has 1 aromatic carbocycles. The van der Waals surface area contributed by atoms with Crippen molar-refractivity contribution in [2.45, 2.75) is 6.61 Å². The maximum absolute atomic E-state index is 11.0. The molecule has 0 fully saturated rings. The lowest BCUT2D eigenvalue weighted by Crippen LogP contribution is -2.21. The summed E-state index contributed by atoms with van der Waals surface area (Å²) >= 11 is 0. The molecule has 0 unspecified atom stereocenters. The number of furan rings is 1. The Balaban J connectivity index is 1.91. The average molecular weight is 313 g/mol. The lowest BCUT2D eigenvalue weighted by atomic mass is 10.2. The fourth-order valence-electron chi connectivity index (χ4n) is 2.07. The number of hydrogen-bond donors (Lipinski definition) is 0. The molecule has 0 aliphatic carbocycles. The molecule has 0 aliphatic heterocycles. The number of pyridine rings is 1. The largest absolute Gasteiger partial charge is 0.542 e. The summed E-state index contributed by atoms with van der Waals surface area (Å²) in [6.07, 6.45) is 1.54. The molecule has 3 aromatic rings. The smallest absolute Gasteiger partial charge is 0.273 e. The van der Waals surface area contributed by atoms with Gasteiger partial charge in [-0.25, -0.2) is 0 Å². The SMILES string of the molecule is O=C([O-])c1ccc(COc2cc([N+](=O)[O-])cc3cccnc23)o1. The molecule has 0 bridgehead atoms. The van der Waals surface area contributed by atoms with Gasteiger partial charge < -0.3 is 19.1 Å². The minimum Gasteiger partial charge on any atom is -0.542 e. The standard InChI is InChI=1S/C15H10N2O6/c18-15(19)12-4-3-11(23-12)8-22-13-7-10(17(20)21)6-9-2-1-5-16-14(9)13/h1-7H,8H2,(H,18,19)/p-1. The molecule has 116 valence electrons. The van der Waals surface area contributed by atoms with Crippen LogP contribution in [-0.2, 0) is 6.61 Å². The van der Waals surface area contributed by atoms with Crippen LogP contribution in [0.4, 0.5) is 5.69 Å². The van der Waals surface area contributed by atoms with Crippen molar-refractivity contribution in [3.05, 3.63) is 64.2 Å². The number of non-ortho nitro benzene ring substituents is 1. The van der Waals surface area contributed by atoms with Crippen molar-refractivity contribution in [2.75, 3.05) is 0 Å². The van der Waals surface area contributed by atoms with E-state index in [0.29, 0.717) is 10.9 Å². The van der Waals surface area contributed by atoms with Gasteiger partial charge in [-0.2, -0.15) is 0 Å². The summed E-state index contributed by atoms with van der Waals surface area (Å²) < 4.78 is 10.5. The quantitative estimate of drug-likeness (QED) is 0.519. The van der Waals surface area contributed by atoms with Crippen LogP contribution in [0.5, 0.6) is 5.75 Å². The van der Waals surface area contributed by atoms with Crippen LogP contribution in [0.2, 0.25) is 0 Å². The molecule has 0 aliphatic rings. The number of benzene rings is 1. The summed E-state index contributed by atoms with van der Waals surface area (Å²) in [7, 11) is 0. The van der Waals surface area contributed by atoms with Crippen LogP contribution in [0.3, 0.4) is 0 Å². The molecule has 8 heteroatoms. The van der Waals surface area contributed by atoms with Crippen LogP contribution >= 0.6 is 0 Å². The average Bonchev–Trinajstić information content (AvgIpc) is 3.01. The molecule has 0 N–H and O–H groups in total. The van der Waals surface area contributed by atoms with Crippen molar-refractivity contribution in [2.24, 2.45) is 0 Å². The first-order valence-electron chi connectivity index (χ1n) is 6.50. The fraction of sp³-hybridized carbons (Fsp3) is 0.0667. The van der Waals surface area contributed by atoms with E-state index in [2.05, 4.69) is 4.98 Å². The molecule has 0 saturated heterocycles. The second kappa shape index (κ2) is 5.76. The predicted molar refractivity (Wildman–Crippen MR) is 75.8 cm³/mol. The molecule has 0 radical (unpaired) electrons. The molecule has 2 aromatic heterocycles. The highest BCUT2D eigenvalue weighted by molar-refractivity contribution is 5.86. The summed E-state index contributed by atoms with van der Waals surface area (Å²) in [5, 5.41) is 22.2. The fourth-order valence-corrected chi connectivity index (χ4v) is 2.07. The van der Waals surface area contributed by atoms with Gasteiger partial charge in [-0.05, 0) is 18.2 Å². The normalized spacial score (nSPS) is 10.6. The topological polar surface area (TPSA) is 119 Å². The number of carboxylic acids is 1. The lowest BCUT2D eigenvalue weighted by Gasteiger charge is -2.07. The predicted octanol–water partition coefficient (Wildman–Crippen LogP) is 1.68. The first-order chi connectivity index (χ1) is 11.0. The Hall–Kier alpha value is -3.42. The van der Waals surface area contributed by atoms with Crippen LogP contribution in [0.15, 0.2) is 47.0 Å². The zero-order valence-corrected chi connectivity index (χ0v) is 11.6. The van der Waals surface area contributed by atoms with E-state index in [-0.39, 0.29) is 29.6 Å². The number of rotatable bonds is 5. The number of carboxylic acid groups (broad SMARTS) is 1. The van der Waals surface area contributed by atoms with E-state index in [0.717, 1.165) is 0 Å². The second-order valence-corrected chi connectivity index (χ2v) is 4.62. The minimum absolute atomic E-state index is 0.0971. The Labute approximate surface area is 129 Å². The molecule has 0 spiro atoms. The van der Waals surface area contributed by atoms with E-state index < -0.39 is 10.9 Å². The van der Waals surface area contributed by atoms with Crippen molar-refractivity contribution in [3.8, 4) is 5.75 Å². The van der Waals surface area contributed by atoms with E-state index >= 15 is 0 Å². The molecule has 8 nitrogen and oxygen atoms in total. The molecular weight excluding hydrogens is 304 g/mol. The summed E-state index contributed by atoms with van der Waals surface area (Å²) in [5.74, 6) is -1.29. The third kappa shape index (κ3) is 2.95. The molecule has 23 heavy (non-hydrogen) atoms. The van der Waals surface area contributed by atoms with Gasteiger partial charge in [0.25, 0.3) is 5.69 Å². The Morgan fingerprint density at radius 1 is 1.30 bits per heavy atom. The van der Waals surface area contributed by atoms with Gasteiger partial charge in [0.15, 0.2) is 5.75 Å². The van der Waals surface area contributed by atoms with Crippen molar-refractivity contribution in [1.29, 1.82) is 0 Å². The van der Waals surface area contributed by atoms with Gasteiger partial charge in [-0.1, -0.05) is 6.07 Å². The van der Waals surface area contributed by atoms with Crippen LogP contribution in [0.1, 0.15) is 16.3 Å². The Morgan fingerprint density at radius 3 is 2.83 bits per heavy atom. The van der Waals surface area contributed by atoms with Gasteiger partial charge in [0.05, 0.1) is 11.0 Å². The Bertz CT molecular complexity index is 902. The van der Waals surface area contributed by atoms with Gasteiger partial charge in [0.2, 0.25) is 0 Å². The molecule has 0 saturated carbocycles. The molecule has 0 amide bonds. The molecule has 0 atom stereocenters. The maximum Gasteiger partial charge on any atom is 0.273 e. The highest BCUT2D eigenvalue weighted by Crippen LogP contribution is 2.30. The van der Waals surface area contributed by atoms with Crippen molar-refractivity contribution < 1.29 is 24.0 Å². The molecule has 2 heterocycles. The number of fused-ring (bicyclic) bond motifs is 1. The maximum atomic E-state index is 11.0. The summed E-state index contributed by atoms with van der Waals surface area (Å²) in [4.78, 5) is 25.3. The van der Waals surface area contributed by atoms with Crippen LogP contribution in [0.25, 0.3) is 10.9 Å². The number of hydrogen-bond acceptors (Lipinski definition) is 7. The molecular formula is C15H9N2O6-. The van der Waals surface area contributed by atoms with Gasteiger partial charge in [-0.3, -0.25) is 15.1 Å². The third-order valence-corrected chi connectivity index (χ3v) is 3.10. The second-order valence-electron chi connectivity index (χ2n) is 4.62. The Morgan fingerprint density at radius 2 is 2.13 bits per heavy atom. The lowest BCUT2D eigenvalue weighted by molar-refractivity contribution is -0.384. The highest BCUT2D eigenvalue weighted by Gasteiger charge is 2.14. The zero-order chi connectivity index (χ0) is 16.4. The zero-order valence-electron chi connectivity index (χ0n) is 11.6. The number of aromatic carboxylic acids is 1. The first kappa shape index (κ1) is 14.5. The third-order valence-electron chi connectivity index (χ3n) is 3.10. The van der Waals surface area contributed by atoms with Crippen LogP contribution in [-0.4, -0.2) is 15.9 Å². The number of nitrogens with zero attached hydrogens (tertiary/aromatic N) is 2. The molecule has 3 rings (SSSR count). The number of nitro groups is 1. The first-order valence-corrected chi connectivity index (χ1v) is 6.50. The van der Waals surface area contributed by atoms with Gasteiger partial charge in [0.1, 0.15) is 29.6 Å². The monoisotopic (exact) mass is 313 g/mol. The number of ether oxygens (including phenoxy) is 1. The van der Waals surface area contributed by atoms with Crippen LogP contribution in [0, 0.1) is 10.1 Å². The van der Waals surface area contributed by atoms with E-state index in [4.69, 9.17) is 9.15 Å². The Kier molecular flexibility index (Phi) is 3.63. The summed E-state index contributed by atoms with van der Waals surface area (Å²) in [6, 6.07) is 8.68. The van der Waals surface area contributed by atoms with Gasteiger partial charge in [0, 0.05) is 17.6 Å². The van der Waals surface area contributed by atoms with Crippen molar-refractivity contribution in [1.82, 2.24) is 4.98 Å². The van der Waals surface area contributed by atoms with Crippen LogP contribution < -0.4 is 9.84 Å². The summed E-state index contributed by atoms with van der Waals surface area (Å²) in [6.45, 7) is -0.0971. The number of carbonyl (C=O) groups is 1. The van der Waals surface area contributed by atoms with E-state index in [9.17, 15) is 20.0 Å². The highest BCUT2D eigenvalue weighted by atomic mass is 16.6. The van der Waals surface area contributed by atoms with Gasteiger partial charge >= 0.3 is 0 Å². The van der Waals surface area contributed by atoms with Crippen molar-refractivity contribution in [3.63, 3.8) is 0 Å². The van der Waals surface area contributed by atoms with E-state index in [1.807, 2.05) is 0 Å². The number of aromatic nitrogens is 1. The number of carbonyl (C=O) groups excluding carboxylic acids is 1. The van der Waals surface area contributed by atoms with E-state index in [1.165, 1.54) is 24.3 Å². The van der Waals surface area contributed by atoms with Crippen molar-refractivity contribution >= 4 is 22.6 Å². The van der Waals surface area contributed by atoms with Gasteiger partial charge in [-0.15, -0.1) is 0 Å².